The second-order valence-corrected chi connectivity index (χ2v) is 5.52. The molecule has 1 aliphatic rings. The SMILES string of the molecule is O=C(/C=C/c1ccc(OC(F)(F)F)c(OC(F)(F)F)c1)N1COc2cnccc21. The predicted octanol–water partition coefficient (Wildman–Crippen LogP) is 4.28. The molecule has 0 radical (unpaired) electrons. The van der Waals surface area contributed by atoms with Crippen molar-refractivity contribution in [1.29, 1.82) is 0 Å². The first-order valence-electron chi connectivity index (χ1n) is 7.74. The Hall–Kier alpha value is -3.44. The fraction of sp³-hybridized carbons (Fsp3) is 0.176. The van der Waals surface area contributed by atoms with Gasteiger partial charge in [0.2, 0.25) is 0 Å². The van der Waals surface area contributed by atoms with E-state index >= 15 is 0 Å². The van der Waals surface area contributed by atoms with E-state index in [1.54, 1.807) is 0 Å². The number of pyridine rings is 1. The maximum absolute atomic E-state index is 12.5. The summed E-state index contributed by atoms with van der Waals surface area (Å²) in [5, 5.41) is 0. The van der Waals surface area contributed by atoms with Crippen LogP contribution in [0.15, 0.2) is 42.7 Å². The van der Waals surface area contributed by atoms with Gasteiger partial charge in [-0.15, -0.1) is 26.3 Å². The van der Waals surface area contributed by atoms with Gasteiger partial charge in [0.15, 0.2) is 24.0 Å². The molecule has 2 aromatic rings. The van der Waals surface area contributed by atoms with Gasteiger partial charge >= 0.3 is 12.7 Å². The number of hydrogen-bond donors (Lipinski definition) is 0. The summed E-state index contributed by atoms with van der Waals surface area (Å²) in [6.07, 6.45) is -5.47. The van der Waals surface area contributed by atoms with Gasteiger partial charge in [-0.25, -0.2) is 0 Å². The third-order valence-electron chi connectivity index (χ3n) is 3.51. The van der Waals surface area contributed by atoms with Crippen LogP contribution in [0.4, 0.5) is 32.0 Å². The number of halogens is 6. The van der Waals surface area contributed by atoms with E-state index in [9.17, 15) is 31.1 Å². The molecule has 1 aliphatic heterocycles. The van der Waals surface area contributed by atoms with Gasteiger partial charge in [0.1, 0.15) is 0 Å². The number of rotatable bonds is 4. The van der Waals surface area contributed by atoms with Crippen LogP contribution < -0.4 is 19.1 Å². The summed E-state index contributed by atoms with van der Waals surface area (Å²) in [6.45, 7) is -0.0923. The van der Waals surface area contributed by atoms with Crippen LogP contribution in [-0.4, -0.2) is 30.3 Å². The van der Waals surface area contributed by atoms with Gasteiger partial charge in [-0.2, -0.15) is 0 Å². The van der Waals surface area contributed by atoms with Crippen molar-refractivity contribution in [2.75, 3.05) is 11.6 Å². The third-order valence-corrected chi connectivity index (χ3v) is 3.51. The number of aromatic nitrogens is 1. The van der Waals surface area contributed by atoms with Crippen LogP contribution in [0.1, 0.15) is 5.56 Å². The monoisotopic (exact) mass is 420 g/mol. The minimum absolute atomic E-state index is 0.0257. The van der Waals surface area contributed by atoms with Crippen molar-refractivity contribution in [1.82, 2.24) is 4.98 Å². The molecule has 6 nitrogen and oxygen atoms in total. The van der Waals surface area contributed by atoms with Gasteiger partial charge in [-0.05, 0) is 29.8 Å². The number of ether oxygens (including phenoxy) is 3. The second-order valence-electron chi connectivity index (χ2n) is 5.52. The molecule has 1 aromatic heterocycles. The molecule has 1 aromatic carbocycles. The van der Waals surface area contributed by atoms with Crippen molar-refractivity contribution in [3.8, 4) is 17.2 Å². The smallest absolute Gasteiger partial charge is 0.469 e. The quantitative estimate of drug-likeness (QED) is 0.546. The summed E-state index contributed by atoms with van der Waals surface area (Å²) in [5.74, 6) is -2.56. The summed E-state index contributed by atoms with van der Waals surface area (Å²) in [4.78, 5) is 17.4. The molecule has 2 heterocycles. The number of benzene rings is 1. The summed E-state index contributed by atoms with van der Waals surface area (Å²) in [7, 11) is 0. The van der Waals surface area contributed by atoms with Gasteiger partial charge in [-0.1, -0.05) is 6.07 Å². The van der Waals surface area contributed by atoms with Crippen molar-refractivity contribution in [2.24, 2.45) is 0 Å². The van der Waals surface area contributed by atoms with Crippen molar-refractivity contribution in [2.45, 2.75) is 12.7 Å². The lowest BCUT2D eigenvalue weighted by molar-refractivity contribution is -0.287. The molecule has 0 N–H and O–H groups in total. The standard InChI is InChI=1S/C17H10F6N2O4/c18-16(19,20)28-12-3-1-10(7-13(12)29-17(21,22)23)2-4-15(26)25-9-27-14-8-24-6-5-11(14)25/h1-8H,9H2/b4-2+. The van der Waals surface area contributed by atoms with Crippen molar-refractivity contribution >= 4 is 17.7 Å². The molecule has 0 atom stereocenters. The Morgan fingerprint density at radius 2 is 1.76 bits per heavy atom. The summed E-state index contributed by atoms with van der Waals surface area (Å²) in [5.41, 5.74) is 0.423. The van der Waals surface area contributed by atoms with E-state index in [1.165, 1.54) is 23.4 Å². The van der Waals surface area contributed by atoms with Crippen LogP contribution in [0.25, 0.3) is 6.08 Å². The predicted molar refractivity (Wildman–Crippen MR) is 86.1 cm³/mol. The number of carbonyl (C=O) groups is 1. The largest absolute Gasteiger partial charge is 0.573 e. The van der Waals surface area contributed by atoms with E-state index < -0.39 is 30.1 Å². The Morgan fingerprint density at radius 3 is 2.45 bits per heavy atom. The van der Waals surface area contributed by atoms with Gasteiger partial charge in [0, 0.05) is 12.3 Å². The minimum atomic E-state index is -5.24. The van der Waals surface area contributed by atoms with Crippen molar-refractivity contribution < 1.29 is 45.3 Å². The lowest BCUT2D eigenvalue weighted by Crippen LogP contribution is -2.28. The number of hydrogen-bond acceptors (Lipinski definition) is 5. The first-order valence-corrected chi connectivity index (χ1v) is 7.74. The van der Waals surface area contributed by atoms with Crippen LogP contribution in [0.3, 0.4) is 0 Å². The molecule has 154 valence electrons. The second kappa shape index (κ2) is 7.53. The first kappa shape index (κ1) is 20.3. The molecular weight excluding hydrogens is 410 g/mol. The number of nitrogens with zero attached hydrogens (tertiary/aromatic N) is 2. The Morgan fingerprint density at radius 1 is 1.07 bits per heavy atom. The van der Waals surface area contributed by atoms with Gasteiger partial charge in [-0.3, -0.25) is 14.7 Å². The Balaban J connectivity index is 1.81. The summed E-state index contributed by atoms with van der Waals surface area (Å²) in [6, 6.07) is 3.88. The van der Waals surface area contributed by atoms with Crippen molar-refractivity contribution in [3.63, 3.8) is 0 Å². The Labute approximate surface area is 158 Å². The van der Waals surface area contributed by atoms with Crippen LogP contribution in [0.2, 0.25) is 0 Å². The third kappa shape index (κ3) is 5.30. The lowest BCUT2D eigenvalue weighted by Gasteiger charge is -2.16. The zero-order valence-electron chi connectivity index (χ0n) is 14.1. The van der Waals surface area contributed by atoms with Crippen molar-refractivity contribution in [3.05, 3.63) is 48.3 Å². The minimum Gasteiger partial charge on any atom is -0.469 e. The maximum Gasteiger partial charge on any atom is 0.573 e. The molecular formula is C17H10F6N2O4. The Bertz CT molecular complexity index is 942. The van der Waals surface area contributed by atoms with E-state index in [2.05, 4.69) is 14.5 Å². The average molecular weight is 420 g/mol. The van der Waals surface area contributed by atoms with E-state index in [-0.39, 0.29) is 12.3 Å². The molecule has 1 amide bonds. The highest BCUT2D eigenvalue weighted by Gasteiger charge is 2.36. The van der Waals surface area contributed by atoms with Gasteiger partial charge in [0.25, 0.3) is 5.91 Å². The van der Waals surface area contributed by atoms with Gasteiger partial charge in [0.05, 0.1) is 11.9 Å². The number of anilines is 1. The molecule has 0 saturated carbocycles. The number of fused-ring (bicyclic) bond motifs is 1. The highest BCUT2D eigenvalue weighted by atomic mass is 19.4. The molecule has 3 rings (SSSR count). The normalized spacial score (nSPS) is 13.9. The topological polar surface area (TPSA) is 60.9 Å². The fourth-order valence-electron chi connectivity index (χ4n) is 2.39. The molecule has 0 aliphatic carbocycles. The lowest BCUT2D eigenvalue weighted by atomic mass is 10.2. The van der Waals surface area contributed by atoms with E-state index in [4.69, 9.17) is 4.74 Å². The molecule has 29 heavy (non-hydrogen) atoms. The molecule has 0 spiro atoms. The van der Waals surface area contributed by atoms with Crippen LogP contribution in [0, 0.1) is 0 Å². The zero-order valence-corrected chi connectivity index (χ0v) is 14.1. The number of amides is 1. The van der Waals surface area contributed by atoms with Crippen LogP contribution in [0.5, 0.6) is 17.2 Å². The molecule has 0 unspecified atom stereocenters. The molecule has 0 bridgehead atoms. The molecule has 12 heteroatoms. The summed E-state index contributed by atoms with van der Waals surface area (Å²) >= 11 is 0. The summed E-state index contributed by atoms with van der Waals surface area (Å²) < 4.78 is 86.9. The number of alkyl halides is 6. The van der Waals surface area contributed by atoms with Gasteiger partial charge < -0.3 is 14.2 Å². The highest BCUT2D eigenvalue weighted by molar-refractivity contribution is 6.05. The highest BCUT2D eigenvalue weighted by Crippen LogP contribution is 2.37. The van der Waals surface area contributed by atoms with Crippen LogP contribution >= 0.6 is 0 Å². The molecule has 0 fully saturated rings. The Kier molecular flexibility index (Phi) is 5.27. The molecule has 0 saturated heterocycles. The maximum atomic E-state index is 12.5. The van der Waals surface area contributed by atoms with E-state index in [1.807, 2.05) is 0 Å². The van der Waals surface area contributed by atoms with E-state index in [0.29, 0.717) is 23.6 Å². The fourth-order valence-corrected chi connectivity index (χ4v) is 2.39. The zero-order chi connectivity index (χ0) is 21.2. The average Bonchev–Trinajstić information content (AvgIpc) is 3.03. The van der Waals surface area contributed by atoms with Crippen LogP contribution in [-0.2, 0) is 4.79 Å². The van der Waals surface area contributed by atoms with E-state index in [0.717, 1.165) is 18.2 Å². The number of carbonyl (C=O) groups excluding carboxylic acids is 1. The first-order chi connectivity index (χ1) is 13.5.